The molecule has 0 aliphatic heterocycles. The second kappa shape index (κ2) is 7.72. The first-order valence-corrected chi connectivity index (χ1v) is 8.23. The SMILES string of the molecule is O=C(NCc1ccccc1)c1ccnc(NC2CCCCC2)n1. The van der Waals surface area contributed by atoms with Gasteiger partial charge in [0.25, 0.3) is 5.91 Å². The number of rotatable bonds is 5. The van der Waals surface area contributed by atoms with Crippen LogP contribution in [-0.2, 0) is 6.54 Å². The van der Waals surface area contributed by atoms with E-state index in [1.54, 1.807) is 12.3 Å². The third kappa shape index (κ3) is 4.52. The number of hydrogen-bond donors (Lipinski definition) is 2. The Morgan fingerprint density at radius 3 is 2.65 bits per heavy atom. The van der Waals surface area contributed by atoms with Gasteiger partial charge in [-0.05, 0) is 24.5 Å². The first-order valence-electron chi connectivity index (χ1n) is 8.23. The topological polar surface area (TPSA) is 66.9 Å². The molecule has 1 aliphatic carbocycles. The molecule has 0 saturated heterocycles. The second-order valence-electron chi connectivity index (χ2n) is 5.91. The van der Waals surface area contributed by atoms with E-state index in [2.05, 4.69) is 20.6 Å². The van der Waals surface area contributed by atoms with Gasteiger partial charge in [0.2, 0.25) is 5.95 Å². The highest BCUT2D eigenvalue weighted by Crippen LogP contribution is 2.20. The zero-order chi connectivity index (χ0) is 15.9. The van der Waals surface area contributed by atoms with E-state index in [9.17, 15) is 4.79 Å². The van der Waals surface area contributed by atoms with E-state index in [1.165, 1.54) is 19.3 Å². The van der Waals surface area contributed by atoms with Crippen molar-refractivity contribution < 1.29 is 4.79 Å². The zero-order valence-electron chi connectivity index (χ0n) is 13.2. The molecule has 1 saturated carbocycles. The van der Waals surface area contributed by atoms with Crippen molar-refractivity contribution in [2.24, 2.45) is 0 Å². The van der Waals surface area contributed by atoms with Gasteiger partial charge in [-0.15, -0.1) is 0 Å². The molecule has 1 heterocycles. The Labute approximate surface area is 136 Å². The lowest BCUT2D eigenvalue weighted by molar-refractivity contribution is 0.0946. The van der Waals surface area contributed by atoms with Crippen LogP contribution >= 0.6 is 0 Å². The first-order chi connectivity index (χ1) is 11.3. The number of hydrogen-bond acceptors (Lipinski definition) is 4. The highest BCUT2D eigenvalue weighted by Gasteiger charge is 2.15. The van der Waals surface area contributed by atoms with Crippen LogP contribution in [0.2, 0.25) is 0 Å². The number of anilines is 1. The Balaban J connectivity index is 1.58. The predicted molar refractivity (Wildman–Crippen MR) is 90.1 cm³/mol. The molecular formula is C18H22N4O. The molecule has 1 aromatic carbocycles. The normalized spacial score (nSPS) is 15.1. The maximum Gasteiger partial charge on any atom is 0.270 e. The largest absolute Gasteiger partial charge is 0.351 e. The summed E-state index contributed by atoms with van der Waals surface area (Å²) < 4.78 is 0. The Bertz CT molecular complexity index is 638. The van der Waals surface area contributed by atoms with Gasteiger partial charge in [0.15, 0.2) is 0 Å². The van der Waals surface area contributed by atoms with Crippen molar-refractivity contribution in [1.29, 1.82) is 0 Å². The van der Waals surface area contributed by atoms with Crippen LogP contribution in [0.4, 0.5) is 5.95 Å². The van der Waals surface area contributed by atoms with Gasteiger partial charge in [0.1, 0.15) is 5.69 Å². The zero-order valence-corrected chi connectivity index (χ0v) is 13.2. The molecule has 0 unspecified atom stereocenters. The third-order valence-electron chi connectivity index (χ3n) is 4.12. The minimum absolute atomic E-state index is 0.178. The van der Waals surface area contributed by atoms with Gasteiger partial charge in [-0.3, -0.25) is 4.79 Å². The van der Waals surface area contributed by atoms with Crippen LogP contribution in [0.3, 0.4) is 0 Å². The molecule has 2 aromatic rings. The summed E-state index contributed by atoms with van der Waals surface area (Å²) in [7, 11) is 0. The van der Waals surface area contributed by atoms with Crippen LogP contribution in [0, 0.1) is 0 Å². The lowest BCUT2D eigenvalue weighted by Crippen LogP contribution is -2.26. The number of nitrogens with zero attached hydrogens (tertiary/aromatic N) is 2. The molecule has 3 rings (SSSR count). The summed E-state index contributed by atoms with van der Waals surface area (Å²) in [5, 5.41) is 6.24. The second-order valence-corrected chi connectivity index (χ2v) is 5.91. The number of benzene rings is 1. The molecule has 1 aromatic heterocycles. The van der Waals surface area contributed by atoms with Gasteiger partial charge in [-0.2, -0.15) is 0 Å². The third-order valence-corrected chi connectivity index (χ3v) is 4.12. The van der Waals surface area contributed by atoms with Crippen molar-refractivity contribution in [3.8, 4) is 0 Å². The van der Waals surface area contributed by atoms with Gasteiger partial charge in [-0.25, -0.2) is 9.97 Å². The number of carbonyl (C=O) groups excluding carboxylic acids is 1. The fourth-order valence-electron chi connectivity index (χ4n) is 2.85. The van der Waals surface area contributed by atoms with E-state index in [1.807, 2.05) is 30.3 Å². The van der Waals surface area contributed by atoms with Crippen LogP contribution in [0.5, 0.6) is 0 Å². The highest BCUT2D eigenvalue weighted by atomic mass is 16.1. The summed E-state index contributed by atoms with van der Waals surface area (Å²) in [4.78, 5) is 20.8. The van der Waals surface area contributed by atoms with E-state index in [4.69, 9.17) is 0 Å². The Kier molecular flexibility index (Phi) is 5.19. The van der Waals surface area contributed by atoms with E-state index in [-0.39, 0.29) is 5.91 Å². The maximum atomic E-state index is 12.2. The summed E-state index contributed by atoms with van der Waals surface area (Å²) in [5.41, 5.74) is 1.46. The van der Waals surface area contributed by atoms with Crippen molar-refractivity contribution in [2.45, 2.75) is 44.7 Å². The lowest BCUT2D eigenvalue weighted by Gasteiger charge is -2.22. The van der Waals surface area contributed by atoms with Crippen LogP contribution < -0.4 is 10.6 Å². The van der Waals surface area contributed by atoms with E-state index >= 15 is 0 Å². The molecule has 1 fully saturated rings. The standard InChI is InChI=1S/C18H22N4O/c23-17(20-13-14-7-3-1-4-8-14)16-11-12-19-18(22-16)21-15-9-5-2-6-10-15/h1,3-4,7-8,11-12,15H,2,5-6,9-10,13H2,(H,20,23)(H,19,21,22). The van der Waals surface area contributed by atoms with Crippen LogP contribution in [0.25, 0.3) is 0 Å². The molecule has 0 bridgehead atoms. The average Bonchev–Trinajstić information content (AvgIpc) is 2.62. The summed E-state index contributed by atoms with van der Waals surface area (Å²) in [6.07, 6.45) is 7.72. The number of nitrogens with one attached hydrogen (secondary N) is 2. The van der Waals surface area contributed by atoms with Gasteiger partial charge in [0.05, 0.1) is 0 Å². The molecule has 0 radical (unpaired) electrons. The minimum atomic E-state index is -0.178. The minimum Gasteiger partial charge on any atom is -0.351 e. The van der Waals surface area contributed by atoms with Gasteiger partial charge in [0, 0.05) is 18.8 Å². The molecule has 5 nitrogen and oxygen atoms in total. The lowest BCUT2D eigenvalue weighted by atomic mass is 9.96. The van der Waals surface area contributed by atoms with Crippen molar-refractivity contribution in [1.82, 2.24) is 15.3 Å². The molecule has 5 heteroatoms. The van der Waals surface area contributed by atoms with Gasteiger partial charge in [-0.1, -0.05) is 49.6 Å². The summed E-state index contributed by atoms with van der Waals surface area (Å²) in [6, 6.07) is 11.9. The number of carbonyl (C=O) groups is 1. The molecule has 1 aliphatic rings. The van der Waals surface area contributed by atoms with Gasteiger partial charge >= 0.3 is 0 Å². The maximum absolute atomic E-state index is 12.2. The molecule has 120 valence electrons. The first kappa shape index (κ1) is 15.5. The quantitative estimate of drug-likeness (QED) is 0.890. The molecule has 23 heavy (non-hydrogen) atoms. The monoisotopic (exact) mass is 310 g/mol. The van der Waals surface area contributed by atoms with E-state index in [0.29, 0.717) is 24.2 Å². The molecule has 0 atom stereocenters. The molecular weight excluding hydrogens is 288 g/mol. The summed E-state index contributed by atoms with van der Waals surface area (Å²) in [5.74, 6) is 0.368. The van der Waals surface area contributed by atoms with E-state index in [0.717, 1.165) is 18.4 Å². The number of aromatic nitrogens is 2. The van der Waals surface area contributed by atoms with Crippen molar-refractivity contribution in [3.05, 3.63) is 53.9 Å². The van der Waals surface area contributed by atoms with Crippen LogP contribution in [0.1, 0.15) is 48.2 Å². The fraction of sp³-hybridized carbons (Fsp3) is 0.389. The smallest absolute Gasteiger partial charge is 0.270 e. The molecule has 0 spiro atoms. The Hall–Kier alpha value is -2.43. The highest BCUT2D eigenvalue weighted by molar-refractivity contribution is 5.92. The fourth-order valence-corrected chi connectivity index (χ4v) is 2.85. The predicted octanol–water partition coefficient (Wildman–Crippen LogP) is 3.15. The number of amides is 1. The van der Waals surface area contributed by atoms with E-state index < -0.39 is 0 Å². The average molecular weight is 310 g/mol. The van der Waals surface area contributed by atoms with Crippen molar-refractivity contribution in [2.75, 3.05) is 5.32 Å². The summed E-state index contributed by atoms with van der Waals surface area (Å²) in [6.45, 7) is 0.495. The molecule has 2 N–H and O–H groups in total. The van der Waals surface area contributed by atoms with Crippen molar-refractivity contribution >= 4 is 11.9 Å². The van der Waals surface area contributed by atoms with Crippen molar-refractivity contribution in [3.63, 3.8) is 0 Å². The molecule has 1 amide bonds. The van der Waals surface area contributed by atoms with Crippen LogP contribution in [-0.4, -0.2) is 21.9 Å². The Morgan fingerprint density at radius 2 is 1.87 bits per heavy atom. The summed E-state index contributed by atoms with van der Waals surface area (Å²) >= 11 is 0. The Morgan fingerprint density at radius 1 is 1.09 bits per heavy atom. The van der Waals surface area contributed by atoms with Gasteiger partial charge < -0.3 is 10.6 Å². The van der Waals surface area contributed by atoms with Crippen LogP contribution in [0.15, 0.2) is 42.6 Å².